The highest BCUT2D eigenvalue weighted by Crippen LogP contribution is 2.45. The number of unbranched alkanes of at least 4 members (excludes halogenated alkanes) is 2. The minimum atomic E-state index is -0.0726. The molecule has 1 aromatic carbocycles. The van der Waals surface area contributed by atoms with Crippen LogP contribution in [-0.2, 0) is 0 Å². The lowest BCUT2D eigenvalue weighted by Crippen LogP contribution is -2.25. The van der Waals surface area contributed by atoms with Crippen LogP contribution in [0.15, 0.2) is 36.7 Å². The second kappa shape index (κ2) is 12.0. The van der Waals surface area contributed by atoms with Crippen LogP contribution in [0.5, 0.6) is 0 Å². The van der Waals surface area contributed by atoms with Gasteiger partial charge >= 0.3 is 0 Å². The third-order valence-corrected chi connectivity index (χ3v) is 8.78. The van der Waals surface area contributed by atoms with Crippen molar-refractivity contribution in [1.29, 1.82) is 5.26 Å². The molecule has 0 spiro atoms. The first-order valence-corrected chi connectivity index (χ1v) is 14.0. The molecule has 4 rings (SSSR count). The summed E-state index contributed by atoms with van der Waals surface area (Å²) >= 11 is 0. The van der Waals surface area contributed by atoms with E-state index in [-0.39, 0.29) is 5.41 Å². The Kier molecular flexibility index (Phi) is 8.76. The maximum absolute atomic E-state index is 9.77. The smallest absolute Gasteiger partial charge is 0.159 e. The van der Waals surface area contributed by atoms with Gasteiger partial charge in [0, 0.05) is 18.0 Å². The predicted molar refractivity (Wildman–Crippen MR) is 140 cm³/mol. The van der Waals surface area contributed by atoms with Crippen molar-refractivity contribution >= 4 is 0 Å². The van der Waals surface area contributed by atoms with Gasteiger partial charge in [-0.05, 0) is 86.7 Å². The van der Waals surface area contributed by atoms with Crippen LogP contribution in [0.1, 0.15) is 127 Å². The molecule has 0 saturated heterocycles. The second-order valence-electron chi connectivity index (χ2n) is 11.1. The quantitative estimate of drug-likeness (QED) is 0.377. The minimum absolute atomic E-state index is 0.0726. The lowest BCUT2D eigenvalue weighted by molar-refractivity contribution is 0.224. The number of rotatable bonds is 9. The number of benzene rings is 1. The van der Waals surface area contributed by atoms with Crippen molar-refractivity contribution < 1.29 is 0 Å². The number of hydrogen-bond donors (Lipinski definition) is 0. The molecule has 1 heterocycles. The van der Waals surface area contributed by atoms with Gasteiger partial charge < -0.3 is 0 Å². The van der Waals surface area contributed by atoms with E-state index in [4.69, 9.17) is 9.97 Å². The fourth-order valence-corrected chi connectivity index (χ4v) is 6.32. The summed E-state index contributed by atoms with van der Waals surface area (Å²) in [6, 6.07) is 11.6. The first-order valence-electron chi connectivity index (χ1n) is 14.0. The lowest BCUT2D eigenvalue weighted by Gasteiger charge is -2.35. The maximum Gasteiger partial charge on any atom is 0.159 e. The predicted octanol–water partition coefficient (Wildman–Crippen LogP) is 8.97. The SMILES string of the molecule is CCCCC1CCC(c2cnc(-c3ccc(C4CCC(C#N)(CCCC)CC4)cc3)nc2)CC1. The van der Waals surface area contributed by atoms with E-state index in [1.807, 2.05) is 0 Å². The summed E-state index contributed by atoms with van der Waals surface area (Å²) in [4.78, 5) is 9.49. The van der Waals surface area contributed by atoms with Gasteiger partial charge in [-0.1, -0.05) is 70.2 Å². The standard InChI is InChI=1S/C31H43N3/c1-3-5-7-24-8-10-26(11-9-24)29-21-33-30(34-22-29)28-14-12-25(13-15-28)27-16-19-31(23-32,20-17-27)18-6-4-2/h12-15,21-22,24,26-27H,3-11,16-20H2,1-2H3. The molecule has 0 amide bonds. The first kappa shape index (κ1) is 24.9. The highest BCUT2D eigenvalue weighted by Gasteiger charge is 2.35. The van der Waals surface area contributed by atoms with Crippen molar-refractivity contribution in [2.45, 2.75) is 116 Å². The zero-order chi connectivity index (χ0) is 23.8. The van der Waals surface area contributed by atoms with Crippen LogP contribution in [0.2, 0.25) is 0 Å². The van der Waals surface area contributed by atoms with Crippen LogP contribution >= 0.6 is 0 Å². The third kappa shape index (κ3) is 6.07. The van der Waals surface area contributed by atoms with Gasteiger partial charge in [-0.15, -0.1) is 0 Å². The molecular formula is C31H43N3. The van der Waals surface area contributed by atoms with Crippen molar-refractivity contribution in [1.82, 2.24) is 9.97 Å². The van der Waals surface area contributed by atoms with E-state index in [1.165, 1.54) is 68.9 Å². The van der Waals surface area contributed by atoms with Gasteiger partial charge in [0.1, 0.15) is 0 Å². The largest absolute Gasteiger partial charge is 0.236 e. The van der Waals surface area contributed by atoms with Gasteiger partial charge in [-0.25, -0.2) is 9.97 Å². The van der Waals surface area contributed by atoms with Gasteiger partial charge in [0.2, 0.25) is 0 Å². The molecule has 0 aliphatic heterocycles. The van der Waals surface area contributed by atoms with E-state index in [1.54, 1.807) is 0 Å². The van der Waals surface area contributed by atoms with E-state index in [0.717, 1.165) is 49.4 Å². The zero-order valence-corrected chi connectivity index (χ0v) is 21.4. The Hall–Kier alpha value is -2.21. The van der Waals surface area contributed by atoms with E-state index in [0.29, 0.717) is 11.8 Å². The molecule has 0 radical (unpaired) electrons. The van der Waals surface area contributed by atoms with E-state index < -0.39 is 0 Å². The van der Waals surface area contributed by atoms with Gasteiger partial charge in [-0.2, -0.15) is 5.26 Å². The summed E-state index contributed by atoms with van der Waals surface area (Å²) in [7, 11) is 0. The van der Waals surface area contributed by atoms with Crippen LogP contribution in [0.25, 0.3) is 11.4 Å². The summed E-state index contributed by atoms with van der Waals surface area (Å²) in [6.07, 6.45) is 21.3. The van der Waals surface area contributed by atoms with Crippen LogP contribution in [-0.4, -0.2) is 9.97 Å². The first-order chi connectivity index (χ1) is 16.7. The number of nitrogens with zero attached hydrogens (tertiary/aromatic N) is 3. The van der Waals surface area contributed by atoms with E-state index in [2.05, 4.69) is 56.6 Å². The van der Waals surface area contributed by atoms with Gasteiger partial charge in [0.05, 0.1) is 11.5 Å². The third-order valence-electron chi connectivity index (χ3n) is 8.78. The zero-order valence-electron chi connectivity index (χ0n) is 21.4. The molecule has 2 aromatic rings. The number of aromatic nitrogens is 2. The monoisotopic (exact) mass is 457 g/mol. The Morgan fingerprint density at radius 1 is 0.824 bits per heavy atom. The second-order valence-corrected chi connectivity index (χ2v) is 11.1. The van der Waals surface area contributed by atoms with Crippen LogP contribution in [0.3, 0.4) is 0 Å². The highest BCUT2D eigenvalue weighted by molar-refractivity contribution is 5.55. The molecular weight excluding hydrogens is 414 g/mol. The summed E-state index contributed by atoms with van der Waals surface area (Å²) in [5.41, 5.74) is 3.75. The van der Waals surface area contributed by atoms with Crippen LogP contribution in [0.4, 0.5) is 0 Å². The van der Waals surface area contributed by atoms with Gasteiger partial charge in [-0.3, -0.25) is 0 Å². The van der Waals surface area contributed by atoms with E-state index >= 15 is 0 Å². The normalized spacial score (nSPS) is 27.3. The molecule has 182 valence electrons. The summed E-state index contributed by atoms with van der Waals surface area (Å²) < 4.78 is 0. The molecule has 2 aliphatic rings. The topological polar surface area (TPSA) is 49.6 Å². The van der Waals surface area contributed by atoms with Crippen molar-refractivity contribution in [3.63, 3.8) is 0 Å². The molecule has 0 bridgehead atoms. The number of hydrogen-bond acceptors (Lipinski definition) is 3. The van der Waals surface area contributed by atoms with Gasteiger partial charge in [0.25, 0.3) is 0 Å². The maximum atomic E-state index is 9.77. The Morgan fingerprint density at radius 3 is 2.03 bits per heavy atom. The minimum Gasteiger partial charge on any atom is -0.236 e. The van der Waals surface area contributed by atoms with Crippen molar-refractivity contribution in [3.05, 3.63) is 47.8 Å². The average Bonchev–Trinajstić information content (AvgIpc) is 2.91. The van der Waals surface area contributed by atoms with Crippen molar-refractivity contribution in [2.24, 2.45) is 11.3 Å². The van der Waals surface area contributed by atoms with Crippen molar-refractivity contribution in [2.75, 3.05) is 0 Å². The highest BCUT2D eigenvalue weighted by atomic mass is 14.9. The molecule has 2 aliphatic carbocycles. The fourth-order valence-electron chi connectivity index (χ4n) is 6.32. The molecule has 3 nitrogen and oxygen atoms in total. The molecule has 0 N–H and O–H groups in total. The Balaban J connectivity index is 1.32. The summed E-state index contributed by atoms with van der Waals surface area (Å²) in [5, 5.41) is 9.77. The number of nitriles is 1. The van der Waals surface area contributed by atoms with E-state index in [9.17, 15) is 5.26 Å². The Bertz CT molecular complexity index is 909. The van der Waals surface area contributed by atoms with Gasteiger partial charge in [0.15, 0.2) is 5.82 Å². The lowest BCUT2D eigenvalue weighted by atomic mass is 9.67. The van der Waals surface area contributed by atoms with Crippen LogP contribution < -0.4 is 0 Å². The molecule has 1 aromatic heterocycles. The molecule has 2 fully saturated rings. The molecule has 3 heteroatoms. The average molecular weight is 458 g/mol. The summed E-state index contributed by atoms with van der Waals surface area (Å²) in [5.74, 6) is 2.98. The molecule has 34 heavy (non-hydrogen) atoms. The fraction of sp³-hybridized carbons (Fsp3) is 0.645. The Labute approximate surface area is 207 Å². The molecule has 0 atom stereocenters. The van der Waals surface area contributed by atoms with Crippen LogP contribution in [0, 0.1) is 22.7 Å². The molecule has 2 saturated carbocycles. The summed E-state index contributed by atoms with van der Waals surface area (Å²) in [6.45, 7) is 4.51. The molecule has 0 unspecified atom stereocenters. The Morgan fingerprint density at radius 2 is 1.44 bits per heavy atom. The van der Waals surface area contributed by atoms with Crippen molar-refractivity contribution in [3.8, 4) is 17.5 Å².